The number of hydrogen-bond donors (Lipinski definition) is 0. The van der Waals surface area contributed by atoms with E-state index in [2.05, 4.69) is 128 Å². The molecule has 1 unspecified atom stereocenters. The lowest BCUT2D eigenvalue weighted by Crippen LogP contribution is -2.34. The van der Waals surface area contributed by atoms with Crippen LogP contribution in [-0.2, 0) is 0 Å². The van der Waals surface area contributed by atoms with E-state index in [1.54, 1.807) is 0 Å². The van der Waals surface area contributed by atoms with Crippen LogP contribution < -0.4 is 0 Å². The summed E-state index contributed by atoms with van der Waals surface area (Å²) >= 11 is 0. The zero-order chi connectivity index (χ0) is 21.0. The van der Waals surface area contributed by atoms with Crippen molar-refractivity contribution in [2.45, 2.75) is 23.9 Å². The molecule has 1 heteroatoms. The molecule has 0 radical (unpaired) electrons. The van der Waals surface area contributed by atoms with Crippen molar-refractivity contribution in [3.63, 3.8) is 0 Å². The van der Waals surface area contributed by atoms with Gasteiger partial charge in [0.2, 0.25) is 0 Å². The summed E-state index contributed by atoms with van der Waals surface area (Å²) in [5.74, 6) is 1.13. The van der Waals surface area contributed by atoms with E-state index in [-0.39, 0.29) is 0 Å². The van der Waals surface area contributed by atoms with Crippen LogP contribution in [0.4, 0.5) is 0 Å². The van der Waals surface area contributed by atoms with Gasteiger partial charge in [-0.2, -0.15) is 0 Å². The number of rotatable bonds is 7. The maximum absolute atomic E-state index is 4.41. The molecule has 0 amide bonds. The molecule has 1 atom stereocenters. The smallest absolute Gasteiger partial charge is 0.100 e. The minimum atomic E-state index is 0.303. The third kappa shape index (κ3) is 4.14. The highest BCUT2D eigenvalue weighted by atomic mass is 14.3. The highest BCUT2D eigenvalue weighted by Crippen LogP contribution is 2.55. The Bertz CT molecular complexity index is 958. The molecule has 1 fully saturated rings. The predicted molar refractivity (Wildman–Crippen MR) is 133 cm³/mol. The Morgan fingerprint density at radius 1 is 0.516 bits per heavy atom. The van der Waals surface area contributed by atoms with Gasteiger partial charge in [-0.15, -0.1) is 6.58 Å². The van der Waals surface area contributed by atoms with Gasteiger partial charge in [-0.3, -0.25) is 0 Å². The average molecular weight is 398 g/mol. The first-order valence-electron chi connectivity index (χ1n) is 11.2. The summed E-state index contributed by atoms with van der Waals surface area (Å²) in [5, 5.41) is 0. The average Bonchev–Trinajstić information content (AvgIpc) is 3.57. The molecular weight excluding hydrogens is 371 g/mol. The van der Waals surface area contributed by atoms with Crippen molar-refractivity contribution in [3.05, 3.63) is 156 Å². The van der Waals surface area contributed by atoms with Crippen LogP contribution in [0, 0.1) is 0 Å². The van der Waals surface area contributed by atoms with Crippen LogP contribution in [0.5, 0.6) is 0 Å². The van der Waals surface area contributed by atoms with Crippen molar-refractivity contribution < 1.29 is 0 Å². The Morgan fingerprint density at radius 3 is 1.00 bits per heavy atom. The Morgan fingerprint density at radius 2 is 0.774 bits per heavy atom. The maximum atomic E-state index is 4.41. The van der Waals surface area contributed by atoms with E-state index in [1.807, 2.05) is 0 Å². The zero-order valence-electron chi connectivity index (χ0n) is 17.8. The fourth-order valence-corrected chi connectivity index (χ4v) is 5.20. The van der Waals surface area contributed by atoms with Crippen LogP contribution in [-0.4, -0.2) is 6.71 Å². The van der Waals surface area contributed by atoms with Crippen molar-refractivity contribution >= 4 is 6.71 Å². The van der Waals surface area contributed by atoms with Crippen molar-refractivity contribution in [1.29, 1.82) is 0 Å². The molecule has 0 nitrogen and oxygen atoms in total. The molecule has 0 N–H and O–H groups in total. The van der Waals surface area contributed by atoms with Gasteiger partial charge in [0.15, 0.2) is 6.71 Å². The Labute approximate surface area is 186 Å². The molecule has 4 aromatic rings. The van der Waals surface area contributed by atoms with Gasteiger partial charge in [0.25, 0.3) is 0 Å². The molecule has 0 heterocycles. The topological polar surface area (TPSA) is 0 Å². The molecule has 0 spiro atoms. The molecule has 0 aromatic heterocycles. The van der Waals surface area contributed by atoms with Crippen molar-refractivity contribution in [2.75, 3.05) is 0 Å². The summed E-state index contributed by atoms with van der Waals surface area (Å²) in [6.07, 6.45) is 1.12. The molecule has 1 saturated carbocycles. The molecule has 150 valence electrons. The third-order valence-electron chi connectivity index (χ3n) is 6.72. The monoisotopic (exact) mass is 398 g/mol. The highest BCUT2D eigenvalue weighted by Gasteiger charge is 2.48. The summed E-state index contributed by atoms with van der Waals surface area (Å²) in [6, 6.07) is 44.2. The summed E-state index contributed by atoms with van der Waals surface area (Å²) in [4.78, 5) is 0. The summed E-state index contributed by atoms with van der Waals surface area (Å²) < 4.78 is 0. The molecule has 5 rings (SSSR count). The molecule has 0 aliphatic heterocycles. The van der Waals surface area contributed by atoms with E-state index in [1.165, 1.54) is 27.8 Å². The van der Waals surface area contributed by atoms with E-state index < -0.39 is 0 Å². The van der Waals surface area contributed by atoms with E-state index >= 15 is 0 Å². The van der Waals surface area contributed by atoms with Gasteiger partial charge in [-0.05, 0) is 46.1 Å². The van der Waals surface area contributed by atoms with Gasteiger partial charge >= 0.3 is 0 Å². The molecule has 0 bridgehead atoms. The van der Waals surface area contributed by atoms with Gasteiger partial charge in [-0.25, -0.2) is 0 Å². The molecule has 4 aromatic carbocycles. The molecule has 1 aliphatic rings. The second-order valence-electron chi connectivity index (χ2n) is 8.64. The second kappa shape index (κ2) is 8.82. The largest absolute Gasteiger partial charge is 0.174 e. The first-order valence-corrected chi connectivity index (χ1v) is 11.2. The number of benzene rings is 4. The van der Waals surface area contributed by atoms with E-state index in [9.17, 15) is 0 Å². The van der Waals surface area contributed by atoms with Gasteiger partial charge in [0, 0.05) is 0 Å². The second-order valence-corrected chi connectivity index (χ2v) is 8.64. The minimum Gasteiger partial charge on any atom is -0.100 e. The number of hydrogen-bond acceptors (Lipinski definition) is 0. The van der Waals surface area contributed by atoms with E-state index in [0.717, 1.165) is 6.42 Å². The van der Waals surface area contributed by atoms with Crippen molar-refractivity contribution in [2.24, 2.45) is 0 Å². The SMILES string of the molecule is C=C1CC1B(C(c1ccccc1)c1ccccc1)C(c1ccccc1)c1ccccc1. The normalized spacial score (nSPS) is 15.3. The van der Waals surface area contributed by atoms with Gasteiger partial charge in [-0.1, -0.05) is 127 Å². The van der Waals surface area contributed by atoms with Crippen LogP contribution in [0.2, 0.25) is 5.82 Å². The lowest BCUT2D eigenvalue weighted by atomic mass is 9.27. The lowest BCUT2D eigenvalue weighted by molar-refractivity contribution is 0.980. The van der Waals surface area contributed by atoms with E-state index in [4.69, 9.17) is 0 Å². The Kier molecular flexibility index (Phi) is 5.58. The van der Waals surface area contributed by atoms with Gasteiger partial charge < -0.3 is 0 Å². The molecule has 31 heavy (non-hydrogen) atoms. The van der Waals surface area contributed by atoms with Gasteiger partial charge in [0.1, 0.15) is 0 Å². The Balaban J connectivity index is 1.72. The fourth-order valence-electron chi connectivity index (χ4n) is 5.20. The van der Waals surface area contributed by atoms with E-state index in [0.29, 0.717) is 24.2 Å². The quantitative estimate of drug-likeness (QED) is 0.223. The zero-order valence-corrected chi connectivity index (χ0v) is 17.8. The first kappa shape index (κ1) is 19.6. The minimum absolute atomic E-state index is 0.303. The van der Waals surface area contributed by atoms with Crippen LogP contribution in [0.25, 0.3) is 0 Å². The van der Waals surface area contributed by atoms with Crippen molar-refractivity contribution in [1.82, 2.24) is 0 Å². The summed E-state index contributed by atoms with van der Waals surface area (Å²) in [6.45, 7) is 4.81. The highest BCUT2D eigenvalue weighted by molar-refractivity contribution is 6.67. The standard InChI is InChI=1S/C30H27B/c1-23-22-28(23)31(29(24-14-6-2-7-15-24)25-16-8-3-9-17-25)30(26-18-10-4-11-19-26)27-20-12-5-13-21-27/h2-21,28-30H,1,22H2. The predicted octanol–water partition coefficient (Wildman–Crippen LogP) is 7.55. The van der Waals surface area contributed by atoms with Crippen LogP contribution in [0.3, 0.4) is 0 Å². The van der Waals surface area contributed by atoms with Crippen LogP contribution in [0.15, 0.2) is 133 Å². The number of allylic oxidation sites excluding steroid dienone is 1. The van der Waals surface area contributed by atoms with Gasteiger partial charge in [0.05, 0.1) is 0 Å². The first-order chi connectivity index (χ1) is 15.3. The van der Waals surface area contributed by atoms with Crippen molar-refractivity contribution in [3.8, 4) is 0 Å². The Hall–Kier alpha value is -3.32. The summed E-state index contributed by atoms with van der Waals surface area (Å²) in [7, 11) is 0. The molecular formula is C30H27B. The molecule has 0 saturated heterocycles. The van der Waals surface area contributed by atoms with Crippen LogP contribution in [0.1, 0.15) is 40.3 Å². The summed E-state index contributed by atoms with van der Waals surface area (Å²) in [5.41, 5.74) is 6.93. The third-order valence-corrected chi connectivity index (χ3v) is 6.72. The maximum Gasteiger partial charge on any atom is 0.174 e. The van der Waals surface area contributed by atoms with Crippen LogP contribution >= 0.6 is 0 Å². The lowest BCUT2D eigenvalue weighted by Gasteiger charge is -2.33. The molecule has 1 aliphatic carbocycles. The fraction of sp³-hybridized carbons (Fsp3) is 0.133.